The van der Waals surface area contributed by atoms with Crippen LogP contribution in [0.1, 0.15) is 27.9 Å². The monoisotopic (exact) mass is 397 g/mol. The first-order valence-corrected chi connectivity index (χ1v) is 9.19. The molecule has 7 nitrogen and oxygen atoms in total. The summed E-state index contributed by atoms with van der Waals surface area (Å²) >= 11 is 5.98. The number of carbonyl (C=O) groups is 2. The van der Waals surface area contributed by atoms with Gasteiger partial charge in [-0.15, -0.1) is 0 Å². The van der Waals surface area contributed by atoms with Crippen molar-refractivity contribution in [2.75, 3.05) is 6.54 Å². The number of hydrogen-bond acceptors (Lipinski definition) is 4. The molecule has 0 atom stereocenters. The molecule has 2 amide bonds. The minimum atomic E-state index is -0.290. The van der Waals surface area contributed by atoms with Crippen molar-refractivity contribution in [1.29, 1.82) is 0 Å². The second-order valence-corrected chi connectivity index (χ2v) is 6.58. The smallest absolute Gasteiger partial charge is 0.252 e. The van der Waals surface area contributed by atoms with Crippen molar-refractivity contribution >= 4 is 23.4 Å². The van der Waals surface area contributed by atoms with Crippen LogP contribution in [-0.4, -0.2) is 33.1 Å². The Morgan fingerprint density at radius 1 is 1.00 bits per heavy atom. The van der Waals surface area contributed by atoms with E-state index < -0.39 is 0 Å². The Hall–Kier alpha value is -3.19. The standard InChI is InChI=1S/C20H20ClN5O2/c21-18-4-2-1-3-17(18)20(28)23-10-9-19(27)24-11-15-5-7-16(8-6-15)12-26-14-22-13-25-26/h1-8,13-14H,9-12H2,(H,23,28)(H,24,27). The highest BCUT2D eigenvalue weighted by atomic mass is 35.5. The lowest BCUT2D eigenvalue weighted by atomic mass is 10.1. The summed E-state index contributed by atoms with van der Waals surface area (Å²) in [6, 6.07) is 14.7. The van der Waals surface area contributed by atoms with E-state index >= 15 is 0 Å². The molecule has 28 heavy (non-hydrogen) atoms. The zero-order chi connectivity index (χ0) is 19.8. The van der Waals surface area contributed by atoms with Crippen molar-refractivity contribution in [3.05, 3.63) is 82.9 Å². The maximum atomic E-state index is 12.0. The van der Waals surface area contributed by atoms with Gasteiger partial charge in [-0.05, 0) is 23.3 Å². The second kappa shape index (κ2) is 9.66. The molecule has 0 saturated carbocycles. The quantitative estimate of drug-likeness (QED) is 0.611. The molecule has 0 fully saturated rings. The number of benzene rings is 2. The highest BCUT2D eigenvalue weighted by molar-refractivity contribution is 6.33. The van der Waals surface area contributed by atoms with Crippen molar-refractivity contribution in [2.45, 2.75) is 19.5 Å². The van der Waals surface area contributed by atoms with E-state index in [-0.39, 0.29) is 24.8 Å². The van der Waals surface area contributed by atoms with Gasteiger partial charge in [0.15, 0.2) is 0 Å². The largest absolute Gasteiger partial charge is 0.352 e. The van der Waals surface area contributed by atoms with Gasteiger partial charge in [-0.1, -0.05) is 48.0 Å². The lowest BCUT2D eigenvalue weighted by Crippen LogP contribution is -2.30. The van der Waals surface area contributed by atoms with E-state index in [9.17, 15) is 9.59 Å². The molecule has 0 unspecified atom stereocenters. The van der Waals surface area contributed by atoms with Crippen LogP contribution in [0.4, 0.5) is 0 Å². The van der Waals surface area contributed by atoms with Crippen LogP contribution in [0.5, 0.6) is 0 Å². The highest BCUT2D eigenvalue weighted by Crippen LogP contribution is 2.14. The second-order valence-electron chi connectivity index (χ2n) is 6.17. The molecule has 0 bridgehead atoms. The minimum Gasteiger partial charge on any atom is -0.352 e. The topological polar surface area (TPSA) is 88.9 Å². The molecular weight excluding hydrogens is 378 g/mol. The number of amides is 2. The van der Waals surface area contributed by atoms with E-state index in [2.05, 4.69) is 20.7 Å². The van der Waals surface area contributed by atoms with E-state index in [1.807, 2.05) is 24.3 Å². The van der Waals surface area contributed by atoms with Crippen molar-refractivity contribution < 1.29 is 9.59 Å². The molecule has 0 aliphatic rings. The summed E-state index contributed by atoms with van der Waals surface area (Å²) in [5.41, 5.74) is 2.49. The van der Waals surface area contributed by atoms with Gasteiger partial charge in [0.25, 0.3) is 5.91 Å². The van der Waals surface area contributed by atoms with Gasteiger partial charge in [-0.25, -0.2) is 9.67 Å². The van der Waals surface area contributed by atoms with Crippen LogP contribution in [0.15, 0.2) is 61.2 Å². The molecule has 2 aromatic carbocycles. The maximum Gasteiger partial charge on any atom is 0.252 e. The summed E-state index contributed by atoms with van der Waals surface area (Å²) in [5.74, 6) is -0.424. The van der Waals surface area contributed by atoms with Gasteiger partial charge < -0.3 is 10.6 Å². The Bertz CT molecular complexity index is 926. The van der Waals surface area contributed by atoms with Gasteiger partial charge in [0.05, 0.1) is 17.1 Å². The SMILES string of the molecule is O=C(CCNC(=O)c1ccccc1Cl)NCc1ccc(Cn2cncn2)cc1. The number of nitrogens with one attached hydrogen (secondary N) is 2. The Balaban J connectivity index is 1.38. The molecule has 1 aromatic heterocycles. The fourth-order valence-corrected chi connectivity index (χ4v) is 2.80. The number of nitrogens with zero attached hydrogens (tertiary/aromatic N) is 3. The van der Waals surface area contributed by atoms with Gasteiger partial charge in [0.1, 0.15) is 12.7 Å². The summed E-state index contributed by atoms with van der Waals surface area (Å²) in [7, 11) is 0. The Morgan fingerprint density at radius 3 is 2.46 bits per heavy atom. The Morgan fingerprint density at radius 2 is 1.75 bits per heavy atom. The molecule has 1 heterocycles. The molecule has 0 aliphatic carbocycles. The van der Waals surface area contributed by atoms with Gasteiger partial charge in [-0.2, -0.15) is 5.10 Å². The molecule has 8 heteroatoms. The fourth-order valence-electron chi connectivity index (χ4n) is 2.58. The average Bonchev–Trinajstić information content (AvgIpc) is 3.21. The fraction of sp³-hybridized carbons (Fsp3) is 0.200. The molecule has 0 saturated heterocycles. The Kier molecular flexibility index (Phi) is 6.75. The first kappa shape index (κ1) is 19.6. The molecule has 3 aromatic rings. The normalized spacial score (nSPS) is 10.5. The van der Waals surface area contributed by atoms with Crippen LogP contribution in [0.2, 0.25) is 5.02 Å². The summed E-state index contributed by atoms with van der Waals surface area (Å²) in [5, 5.41) is 10.0. The van der Waals surface area contributed by atoms with Gasteiger partial charge >= 0.3 is 0 Å². The van der Waals surface area contributed by atoms with Gasteiger partial charge in [0.2, 0.25) is 5.91 Å². The molecule has 0 radical (unpaired) electrons. The van der Waals surface area contributed by atoms with Crippen molar-refractivity contribution in [3.63, 3.8) is 0 Å². The number of hydrogen-bond donors (Lipinski definition) is 2. The third-order valence-corrected chi connectivity index (χ3v) is 4.41. The highest BCUT2D eigenvalue weighted by Gasteiger charge is 2.09. The summed E-state index contributed by atoms with van der Waals surface area (Å²) < 4.78 is 1.74. The first-order chi connectivity index (χ1) is 13.6. The van der Waals surface area contributed by atoms with Crippen LogP contribution < -0.4 is 10.6 Å². The lowest BCUT2D eigenvalue weighted by molar-refractivity contribution is -0.121. The molecule has 2 N–H and O–H groups in total. The van der Waals surface area contributed by atoms with Crippen molar-refractivity contribution in [2.24, 2.45) is 0 Å². The molecule has 0 aliphatic heterocycles. The third kappa shape index (κ3) is 5.65. The van der Waals surface area contributed by atoms with E-state index in [0.29, 0.717) is 23.7 Å². The molecule has 0 spiro atoms. The molecule has 144 valence electrons. The van der Waals surface area contributed by atoms with Crippen molar-refractivity contribution in [1.82, 2.24) is 25.4 Å². The number of halogens is 1. The van der Waals surface area contributed by atoms with E-state index in [4.69, 9.17) is 11.6 Å². The minimum absolute atomic E-state index is 0.133. The van der Waals surface area contributed by atoms with Gasteiger partial charge in [0, 0.05) is 19.5 Å². The third-order valence-electron chi connectivity index (χ3n) is 4.08. The van der Waals surface area contributed by atoms with Crippen LogP contribution in [0.3, 0.4) is 0 Å². The number of carbonyl (C=O) groups excluding carboxylic acids is 2. The van der Waals surface area contributed by atoms with E-state index in [0.717, 1.165) is 11.1 Å². The van der Waals surface area contributed by atoms with Gasteiger partial charge in [-0.3, -0.25) is 9.59 Å². The zero-order valence-corrected chi connectivity index (χ0v) is 15.9. The molecule has 3 rings (SSSR count). The first-order valence-electron chi connectivity index (χ1n) is 8.81. The van der Waals surface area contributed by atoms with Crippen LogP contribution in [-0.2, 0) is 17.9 Å². The lowest BCUT2D eigenvalue weighted by Gasteiger charge is -2.08. The average molecular weight is 398 g/mol. The predicted octanol–water partition coefficient (Wildman–Crippen LogP) is 2.42. The van der Waals surface area contributed by atoms with E-state index in [1.54, 1.807) is 35.3 Å². The maximum absolute atomic E-state index is 12.0. The number of rotatable bonds is 8. The summed E-state index contributed by atoms with van der Waals surface area (Å²) in [4.78, 5) is 27.9. The zero-order valence-electron chi connectivity index (χ0n) is 15.1. The van der Waals surface area contributed by atoms with Crippen LogP contribution >= 0.6 is 11.6 Å². The summed E-state index contributed by atoms with van der Waals surface area (Å²) in [6.45, 7) is 1.32. The van der Waals surface area contributed by atoms with E-state index in [1.165, 1.54) is 6.33 Å². The predicted molar refractivity (Wildman–Crippen MR) is 106 cm³/mol. The van der Waals surface area contributed by atoms with Crippen molar-refractivity contribution in [3.8, 4) is 0 Å². The summed E-state index contributed by atoms with van der Waals surface area (Å²) in [6.07, 6.45) is 3.36. The van der Waals surface area contributed by atoms with Crippen LogP contribution in [0, 0.1) is 0 Å². The molecular formula is C20H20ClN5O2. The Labute approximate surface area is 167 Å². The van der Waals surface area contributed by atoms with Crippen LogP contribution in [0.25, 0.3) is 0 Å². The number of aromatic nitrogens is 3.